The van der Waals surface area contributed by atoms with Gasteiger partial charge < -0.3 is 19.5 Å². The maximum Gasteiger partial charge on any atom is 0.231 e. The third kappa shape index (κ3) is 2.95. The highest BCUT2D eigenvalue weighted by molar-refractivity contribution is 5.85. The number of nitrogens with one attached hydrogen (secondary N) is 1. The molecule has 1 saturated heterocycles. The number of fused-ring (bicyclic) bond motifs is 1. The summed E-state index contributed by atoms with van der Waals surface area (Å²) < 4.78 is 16.2. The smallest absolute Gasteiger partial charge is 0.231 e. The van der Waals surface area contributed by atoms with Crippen molar-refractivity contribution in [1.29, 1.82) is 0 Å². The number of methoxy groups -OCH3 is 1. The molecule has 2 heterocycles. The molecule has 0 aromatic heterocycles. The van der Waals surface area contributed by atoms with E-state index in [1.165, 1.54) is 12.0 Å². The highest BCUT2D eigenvalue weighted by Gasteiger charge is 2.23. The third-order valence-corrected chi connectivity index (χ3v) is 3.81. The Hall–Kier alpha value is -1.17. The van der Waals surface area contributed by atoms with Crippen molar-refractivity contribution < 1.29 is 14.2 Å². The SMILES string of the molecule is COc1cc(CN(C)C2CCNC2)cc2c1OCO2.Cl. The Morgan fingerprint density at radius 1 is 1.40 bits per heavy atom. The lowest BCUT2D eigenvalue weighted by Gasteiger charge is -2.23. The van der Waals surface area contributed by atoms with E-state index >= 15 is 0 Å². The molecule has 1 unspecified atom stereocenters. The summed E-state index contributed by atoms with van der Waals surface area (Å²) >= 11 is 0. The van der Waals surface area contributed by atoms with Crippen molar-refractivity contribution in [3.05, 3.63) is 17.7 Å². The molecular weight excluding hydrogens is 280 g/mol. The minimum atomic E-state index is 0. The standard InChI is InChI=1S/C14H20N2O3.ClH/c1-16(11-3-4-15-7-11)8-10-5-12(17-2)14-13(6-10)18-9-19-14;/h5-6,11,15H,3-4,7-9H2,1-2H3;1H. The Balaban J connectivity index is 0.00000147. The Morgan fingerprint density at radius 3 is 2.95 bits per heavy atom. The molecule has 0 saturated carbocycles. The average Bonchev–Trinajstić information content (AvgIpc) is 3.08. The van der Waals surface area contributed by atoms with Gasteiger partial charge in [0.1, 0.15) is 0 Å². The number of halogens is 1. The molecule has 5 nitrogen and oxygen atoms in total. The van der Waals surface area contributed by atoms with Gasteiger partial charge in [-0.2, -0.15) is 0 Å². The number of likely N-dealkylation sites (N-methyl/N-ethyl adjacent to an activating group) is 1. The van der Waals surface area contributed by atoms with Gasteiger partial charge in [0, 0.05) is 19.1 Å². The van der Waals surface area contributed by atoms with E-state index in [0.717, 1.165) is 36.9 Å². The normalized spacial score (nSPS) is 20.1. The second-order valence-corrected chi connectivity index (χ2v) is 5.09. The van der Waals surface area contributed by atoms with Crippen molar-refractivity contribution in [2.45, 2.75) is 19.0 Å². The molecule has 6 heteroatoms. The summed E-state index contributed by atoms with van der Waals surface area (Å²) in [4.78, 5) is 2.37. The van der Waals surface area contributed by atoms with Crippen LogP contribution in [-0.2, 0) is 6.54 Å². The lowest BCUT2D eigenvalue weighted by atomic mass is 10.1. The number of hydrogen-bond donors (Lipinski definition) is 1. The minimum absolute atomic E-state index is 0. The number of benzene rings is 1. The molecule has 0 spiro atoms. The molecule has 1 atom stereocenters. The molecule has 112 valence electrons. The van der Waals surface area contributed by atoms with Gasteiger partial charge in [0.2, 0.25) is 12.5 Å². The topological polar surface area (TPSA) is 43.0 Å². The molecule has 3 rings (SSSR count). The summed E-state index contributed by atoms with van der Waals surface area (Å²) in [6.45, 7) is 3.34. The van der Waals surface area contributed by atoms with Gasteiger partial charge in [0.15, 0.2) is 11.5 Å². The van der Waals surface area contributed by atoms with Crippen molar-refractivity contribution in [1.82, 2.24) is 10.2 Å². The van der Waals surface area contributed by atoms with E-state index < -0.39 is 0 Å². The van der Waals surface area contributed by atoms with Crippen LogP contribution >= 0.6 is 12.4 Å². The van der Waals surface area contributed by atoms with Gasteiger partial charge in [0.25, 0.3) is 0 Å². The van der Waals surface area contributed by atoms with E-state index in [4.69, 9.17) is 14.2 Å². The summed E-state index contributed by atoms with van der Waals surface area (Å²) in [6, 6.07) is 4.69. The van der Waals surface area contributed by atoms with Gasteiger partial charge in [-0.15, -0.1) is 12.4 Å². The van der Waals surface area contributed by atoms with Crippen LogP contribution in [0.4, 0.5) is 0 Å². The molecule has 1 fully saturated rings. The number of nitrogens with zero attached hydrogens (tertiary/aromatic N) is 1. The first-order valence-electron chi connectivity index (χ1n) is 6.65. The summed E-state index contributed by atoms with van der Waals surface area (Å²) in [5.41, 5.74) is 1.19. The number of rotatable bonds is 4. The van der Waals surface area contributed by atoms with Crippen molar-refractivity contribution >= 4 is 12.4 Å². The van der Waals surface area contributed by atoms with Gasteiger partial charge in [-0.05, 0) is 37.7 Å². The first-order chi connectivity index (χ1) is 9.28. The van der Waals surface area contributed by atoms with Crippen LogP contribution in [-0.4, -0.2) is 45.0 Å². The molecule has 1 N–H and O–H groups in total. The van der Waals surface area contributed by atoms with Crippen LogP contribution in [0.1, 0.15) is 12.0 Å². The van der Waals surface area contributed by atoms with E-state index in [-0.39, 0.29) is 19.2 Å². The van der Waals surface area contributed by atoms with Crippen molar-refractivity contribution in [3.8, 4) is 17.2 Å². The van der Waals surface area contributed by atoms with E-state index in [0.29, 0.717) is 6.04 Å². The zero-order valence-corrected chi connectivity index (χ0v) is 12.7. The van der Waals surface area contributed by atoms with Crippen LogP contribution in [0.25, 0.3) is 0 Å². The fraction of sp³-hybridized carbons (Fsp3) is 0.571. The predicted octanol–water partition coefficient (Wildman–Crippen LogP) is 1.64. The van der Waals surface area contributed by atoms with E-state index in [1.807, 2.05) is 12.1 Å². The van der Waals surface area contributed by atoms with Crippen LogP contribution in [0.15, 0.2) is 12.1 Å². The van der Waals surface area contributed by atoms with Gasteiger partial charge in [-0.1, -0.05) is 0 Å². The molecule has 2 aliphatic rings. The Bertz CT molecular complexity index is 464. The van der Waals surface area contributed by atoms with Crippen molar-refractivity contribution in [3.63, 3.8) is 0 Å². The zero-order chi connectivity index (χ0) is 13.2. The maximum absolute atomic E-state index is 5.46. The Kier molecular flexibility index (Phi) is 4.96. The Labute approximate surface area is 125 Å². The summed E-state index contributed by atoms with van der Waals surface area (Å²) in [5.74, 6) is 2.26. The maximum atomic E-state index is 5.46. The van der Waals surface area contributed by atoms with Gasteiger partial charge in [-0.25, -0.2) is 0 Å². The summed E-state index contributed by atoms with van der Waals surface area (Å²) in [5, 5.41) is 3.39. The van der Waals surface area contributed by atoms with Gasteiger partial charge >= 0.3 is 0 Å². The Morgan fingerprint density at radius 2 is 2.25 bits per heavy atom. The molecule has 0 amide bonds. The van der Waals surface area contributed by atoms with E-state index in [9.17, 15) is 0 Å². The van der Waals surface area contributed by atoms with E-state index in [2.05, 4.69) is 17.3 Å². The second-order valence-electron chi connectivity index (χ2n) is 5.09. The van der Waals surface area contributed by atoms with Crippen LogP contribution in [0, 0.1) is 0 Å². The molecule has 1 aromatic carbocycles. The zero-order valence-electron chi connectivity index (χ0n) is 11.8. The van der Waals surface area contributed by atoms with Crippen molar-refractivity contribution in [2.24, 2.45) is 0 Å². The van der Waals surface area contributed by atoms with E-state index in [1.54, 1.807) is 7.11 Å². The average molecular weight is 301 g/mol. The predicted molar refractivity (Wildman–Crippen MR) is 79.1 cm³/mol. The van der Waals surface area contributed by atoms with Crippen LogP contribution in [0.2, 0.25) is 0 Å². The molecular formula is C14H21ClN2O3. The molecule has 0 aliphatic carbocycles. The molecule has 1 aromatic rings. The molecule has 0 radical (unpaired) electrons. The number of hydrogen-bond acceptors (Lipinski definition) is 5. The highest BCUT2D eigenvalue weighted by Crippen LogP contribution is 2.42. The fourth-order valence-corrected chi connectivity index (χ4v) is 2.71. The lowest BCUT2D eigenvalue weighted by Crippen LogP contribution is -2.32. The second kappa shape index (κ2) is 6.52. The largest absolute Gasteiger partial charge is 0.493 e. The minimum Gasteiger partial charge on any atom is -0.493 e. The molecule has 0 bridgehead atoms. The van der Waals surface area contributed by atoms with Gasteiger partial charge in [0.05, 0.1) is 7.11 Å². The molecule has 20 heavy (non-hydrogen) atoms. The monoisotopic (exact) mass is 300 g/mol. The van der Waals surface area contributed by atoms with Crippen LogP contribution < -0.4 is 19.5 Å². The van der Waals surface area contributed by atoms with Crippen LogP contribution in [0.5, 0.6) is 17.2 Å². The quantitative estimate of drug-likeness (QED) is 0.916. The highest BCUT2D eigenvalue weighted by atomic mass is 35.5. The number of ether oxygens (including phenoxy) is 3. The summed E-state index contributed by atoms with van der Waals surface area (Å²) in [6.07, 6.45) is 1.21. The van der Waals surface area contributed by atoms with Crippen molar-refractivity contribution in [2.75, 3.05) is 34.0 Å². The first kappa shape index (κ1) is 15.2. The summed E-state index contributed by atoms with van der Waals surface area (Å²) in [7, 11) is 3.82. The molecule has 2 aliphatic heterocycles. The van der Waals surface area contributed by atoms with Gasteiger partial charge in [-0.3, -0.25) is 4.90 Å². The third-order valence-electron chi connectivity index (χ3n) is 3.81. The van der Waals surface area contributed by atoms with Crippen LogP contribution in [0.3, 0.4) is 0 Å². The first-order valence-corrected chi connectivity index (χ1v) is 6.65. The fourth-order valence-electron chi connectivity index (χ4n) is 2.71. The lowest BCUT2D eigenvalue weighted by molar-refractivity contribution is 0.171.